The Hall–Kier alpha value is -3.65. The van der Waals surface area contributed by atoms with E-state index in [0.717, 1.165) is 22.7 Å². The van der Waals surface area contributed by atoms with E-state index in [1.807, 2.05) is 12.1 Å². The van der Waals surface area contributed by atoms with Crippen molar-refractivity contribution < 1.29 is 18.0 Å². The average Bonchev–Trinajstić information content (AvgIpc) is 3.37. The number of likely N-dealkylation sites (tertiary alicyclic amines) is 1. The Balaban J connectivity index is 1.44. The van der Waals surface area contributed by atoms with E-state index in [1.54, 1.807) is 65.6 Å². The highest BCUT2D eigenvalue weighted by Gasteiger charge is 2.35. The van der Waals surface area contributed by atoms with Gasteiger partial charge < -0.3 is 10.2 Å². The number of rotatable bonds is 4. The monoisotopic (exact) mass is 461 g/mol. The lowest BCUT2D eigenvalue weighted by Gasteiger charge is -2.31. The third-order valence-electron chi connectivity index (χ3n) is 6.03. The zero-order valence-corrected chi connectivity index (χ0v) is 18.7. The number of carbonyl (C=O) groups is 2. The van der Waals surface area contributed by atoms with Gasteiger partial charge in [0.25, 0.3) is 15.9 Å². The molecule has 0 atom stereocenters. The Kier molecular flexibility index (Phi) is 5.38. The summed E-state index contributed by atoms with van der Waals surface area (Å²) < 4.78 is 27.9. The summed E-state index contributed by atoms with van der Waals surface area (Å²) in [6.07, 6.45) is 1.93. The van der Waals surface area contributed by atoms with Crippen LogP contribution >= 0.6 is 0 Å². The standard InChI is InChI=1S/C25H23N3O4S/c29-24(26-21-12-4-1-11-20(21)25(30)27-15-7-8-16-27)17-28-22-13-5-2-9-18(22)19-10-3-6-14-23(19)33(28,31)32/h1-6,9-14H,7-8,15-17H2,(H,26,29). The second-order valence-electron chi connectivity index (χ2n) is 8.12. The second-order valence-corrected chi connectivity index (χ2v) is 9.95. The summed E-state index contributed by atoms with van der Waals surface area (Å²) in [4.78, 5) is 27.9. The number of anilines is 2. The van der Waals surface area contributed by atoms with Crippen molar-refractivity contribution in [3.05, 3.63) is 78.4 Å². The highest BCUT2D eigenvalue weighted by atomic mass is 32.2. The van der Waals surface area contributed by atoms with E-state index in [-0.39, 0.29) is 10.8 Å². The van der Waals surface area contributed by atoms with Gasteiger partial charge in [-0.15, -0.1) is 0 Å². The van der Waals surface area contributed by atoms with Crippen LogP contribution in [-0.4, -0.2) is 44.8 Å². The van der Waals surface area contributed by atoms with Crippen molar-refractivity contribution >= 4 is 33.2 Å². The van der Waals surface area contributed by atoms with E-state index >= 15 is 0 Å². The molecule has 0 spiro atoms. The molecule has 8 heteroatoms. The summed E-state index contributed by atoms with van der Waals surface area (Å²) in [6, 6.07) is 20.7. The summed E-state index contributed by atoms with van der Waals surface area (Å²) in [5, 5.41) is 2.76. The number of hydrogen-bond donors (Lipinski definition) is 1. The van der Waals surface area contributed by atoms with Crippen molar-refractivity contribution in [2.24, 2.45) is 0 Å². The van der Waals surface area contributed by atoms with Crippen LogP contribution in [0.5, 0.6) is 0 Å². The van der Waals surface area contributed by atoms with Gasteiger partial charge in [0.05, 0.1) is 21.8 Å². The number of para-hydroxylation sites is 2. The van der Waals surface area contributed by atoms with Crippen LogP contribution in [0.25, 0.3) is 11.1 Å². The average molecular weight is 462 g/mol. The molecule has 1 saturated heterocycles. The molecule has 1 fully saturated rings. The van der Waals surface area contributed by atoms with Gasteiger partial charge in [-0.05, 0) is 37.1 Å². The third-order valence-corrected chi connectivity index (χ3v) is 7.85. The molecule has 1 N–H and O–H groups in total. The molecule has 2 heterocycles. The van der Waals surface area contributed by atoms with Gasteiger partial charge in [0.1, 0.15) is 6.54 Å². The fourth-order valence-electron chi connectivity index (χ4n) is 4.44. The SMILES string of the molecule is O=C(CN1c2ccccc2-c2ccccc2S1(=O)=O)Nc1ccccc1C(=O)N1CCCC1. The van der Waals surface area contributed by atoms with E-state index < -0.39 is 22.5 Å². The molecule has 0 bridgehead atoms. The summed E-state index contributed by atoms with van der Waals surface area (Å²) in [5.74, 6) is -0.650. The second kappa shape index (κ2) is 8.37. The number of amides is 2. The maximum atomic E-state index is 13.4. The number of benzene rings is 3. The largest absolute Gasteiger partial charge is 0.339 e. The Morgan fingerprint density at radius 2 is 1.45 bits per heavy atom. The molecule has 0 radical (unpaired) electrons. The number of nitrogens with zero attached hydrogens (tertiary/aromatic N) is 2. The fraction of sp³-hybridized carbons (Fsp3) is 0.200. The lowest BCUT2D eigenvalue weighted by molar-refractivity contribution is -0.114. The van der Waals surface area contributed by atoms with Crippen molar-refractivity contribution in [1.82, 2.24) is 4.90 Å². The van der Waals surface area contributed by atoms with Crippen LogP contribution in [0.4, 0.5) is 11.4 Å². The molecule has 5 rings (SSSR count). The Morgan fingerprint density at radius 1 is 0.818 bits per heavy atom. The Labute approximate surface area is 192 Å². The van der Waals surface area contributed by atoms with Gasteiger partial charge in [-0.25, -0.2) is 8.42 Å². The van der Waals surface area contributed by atoms with E-state index in [1.165, 1.54) is 0 Å². The molecule has 168 valence electrons. The topological polar surface area (TPSA) is 86.8 Å². The quantitative estimate of drug-likeness (QED) is 0.641. The molecule has 0 saturated carbocycles. The van der Waals surface area contributed by atoms with Crippen LogP contribution in [0.15, 0.2) is 77.7 Å². The van der Waals surface area contributed by atoms with E-state index in [9.17, 15) is 18.0 Å². The summed E-state index contributed by atoms with van der Waals surface area (Å²) in [6.45, 7) is 0.993. The minimum atomic E-state index is -3.93. The van der Waals surface area contributed by atoms with Crippen LogP contribution in [0, 0.1) is 0 Å². The van der Waals surface area contributed by atoms with Crippen molar-refractivity contribution in [2.45, 2.75) is 17.7 Å². The van der Waals surface area contributed by atoms with Crippen LogP contribution in [0.1, 0.15) is 23.2 Å². The summed E-state index contributed by atoms with van der Waals surface area (Å²) >= 11 is 0. The molecular weight excluding hydrogens is 438 g/mol. The highest BCUT2D eigenvalue weighted by Crippen LogP contribution is 2.42. The molecule has 3 aromatic carbocycles. The van der Waals surface area contributed by atoms with Crippen molar-refractivity contribution in [2.75, 3.05) is 29.3 Å². The van der Waals surface area contributed by atoms with Crippen LogP contribution in [-0.2, 0) is 14.8 Å². The highest BCUT2D eigenvalue weighted by molar-refractivity contribution is 7.93. The maximum absolute atomic E-state index is 13.4. The molecule has 0 aromatic heterocycles. The first-order valence-corrected chi connectivity index (χ1v) is 12.3. The predicted octanol–water partition coefficient (Wildman–Crippen LogP) is 3.74. The maximum Gasteiger partial charge on any atom is 0.265 e. The summed E-state index contributed by atoms with van der Waals surface area (Å²) in [5.41, 5.74) is 2.60. The fourth-order valence-corrected chi connectivity index (χ4v) is 6.09. The Morgan fingerprint density at radius 3 is 2.24 bits per heavy atom. The van der Waals surface area contributed by atoms with Crippen molar-refractivity contribution in [1.29, 1.82) is 0 Å². The van der Waals surface area contributed by atoms with Gasteiger partial charge >= 0.3 is 0 Å². The van der Waals surface area contributed by atoms with Crippen molar-refractivity contribution in [3.63, 3.8) is 0 Å². The molecule has 33 heavy (non-hydrogen) atoms. The minimum Gasteiger partial charge on any atom is -0.339 e. The zero-order chi connectivity index (χ0) is 23.0. The van der Waals surface area contributed by atoms with E-state index in [2.05, 4.69) is 5.32 Å². The first-order chi connectivity index (χ1) is 16.0. The van der Waals surface area contributed by atoms with Gasteiger partial charge in [-0.2, -0.15) is 0 Å². The number of fused-ring (bicyclic) bond motifs is 3. The number of carbonyl (C=O) groups excluding carboxylic acids is 2. The summed E-state index contributed by atoms with van der Waals surface area (Å²) in [7, 11) is -3.93. The van der Waals surface area contributed by atoms with Gasteiger partial charge in [0.2, 0.25) is 5.91 Å². The van der Waals surface area contributed by atoms with Crippen LogP contribution in [0.3, 0.4) is 0 Å². The minimum absolute atomic E-state index is 0.131. The lowest BCUT2D eigenvalue weighted by Crippen LogP contribution is -2.40. The first kappa shape index (κ1) is 21.2. The molecule has 3 aromatic rings. The smallest absolute Gasteiger partial charge is 0.265 e. The van der Waals surface area contributed by atoms with E-state index in [0.29, 0.717) is 35.6 Å². The Bertz CT molecular complexity index is 1350. The molecular formula is C25H23N3O4S. The first-order valence-electron chi connectivity index (χ1n) is 10.9. The predicted molar refractivity (Wildman–Crippen MR) is 127 cm³/mol. The normalized spacial score (nSPS) is 16.1. The van der Waals surface area contributed by atoms with E-state index in [4.69, 9.17) is 0 Å². The molecule has 0 unspecified atom stereocenters. The number of sulfonamides is 1. The number of nitrogens with one attached hydrogen (secondary N) is 1. The van der Waals surface area contributed by atoms with Gasteiger partial charge in [-0.3, -0.25) is 13.9 Å². The number of hydrogen-bond acceptors (Lipinski definition) is 4. The van der Waals surface area contributed by atoms with Gasteiger partial charge in [-0.1, -0.05) is 48.5 Å². The molecule has 7 nitrogen and oxygen atoms in total. The van der Waals surface area contributed by atoms with Crippen LogP contribution < -0.4 is 9.62 Å². The third kappa shape index (κ3) is 3.76. The molecule has 2 amide bonds. The lowest BCUT2D eigenvalue weighted by atomic mass is 10.0. The molecule has 2 aliphatic heterocycles. The zero-order valence-electron chi connectivity index (χ0n) is 17.9. The van der Waals surface area contributed by atoms with Gasteiger partial charge in [0, 0.05) is 24.2 Å². The van der Waals surface area contributed by atoms with Crippen LogP contribution in [0.2, 0.25) is 0 Å². The molecule has 2 aliphatic rings. The molecule has 0 aliphatic carbocycles. The van der Waals surface area contributed by atoms with Crippen molar-refractivity contribution in [3.8, 4) is 11.1 Å². The van der Waals surface area contributed by atoms with Gasteiger partial charge in [0.15, 0.2) is 0 Å².